The predicted molar refractivity (Wildman–Crippen MR) is 46.4 cm³/mol. The van der Waals surface area contributed by atoms with Crippen LogP contribution in [0.1, 0.15) is 5.56 Å². The second kappa shape index (κ2) is 2.83. The van der Waals surface area contributed by atoms with Gasteiger partial charge in [-0.25, -0.2) is 4.39 Å². The Morgan fingerprint density at radius 2 is 2.23 bits per heavy atom. The van der Waals surface area contributed by atoms with E-state index in [9.17, 15) is 4.39 Å². The molecule has 0 amide bonds. The third-order valence-electron chi connectivity index (χ3n) is 1.83. The van der Waals surface area contributed by atoms with Gasteiger partial charge in [0.2, 0.25) is 0 Å². The van der Waals surface area contributed by atoms with Gasteiger partial charge in [-0.15, -0.1) is 0 Å². The molecule has 3 heteroatoms. The number of rotatable bonds is 0. The smallest absolute Gasteiger partial charge is 0.133 e. The van der Waals surface area contributed by atoms with Crippen molar-refractivity contribution in [3.8, 4) is 6.07 Å². The van der Waals surface area contributed by atoms with Crippen LogP contribution in [0.15, 0.2) is 30.6 Å². The number of halogens is 1. The zero-order valence-corrected chi connectivity index (χ0v) is 6.66. The van der Waals surface area contributed by atoms with Crippen LogP contribution in [0.25, 0.3) is 10.8 Å². The van der Waals surface area contributed by atoms with Gasteiger partial charge in [0.1, 0.15) is 5.82 Å². The van der Waals surface area contributed by atoms with Gasteiger partial charge in [-0.05, 0) is 23.6 Å². The van der Waals surface area contributed by atoms with Gasteiger partial charge >= 0.3 is 0 Å². The molecule has 0 atom stereocenters. The first-order valence-corrected chi connectivity index (χ1v) is 3.74. The second-order valence-electron chi connectivity index (χ2n) is 2.67. The van der Waals surface area contributed by atoms with Crippen molar-refractivity contribution in [2.45, 2.75) is 0 Å². The van der Waals surface area contributed by atoms with Crippen molar-refractivity contribution in [2.24, 2.45) is 0 Å². The molecule has 0 radical (unpaired) electrons. The largest absolute Gasteiger partial charge is 0.264 e. The van der Waals surface area contributed by atoms with Crippen LogP contribution >= 0.6 is 0 Å². The lowest BCUT2D eigenvalue weighted by Crippen LogP contribution is -1.83. The summed E-state index contributed by atoms with van der Waals surface area (Å²) in [6.45, 7) is 0. The highest BCUT2D eigenvalue weighted by molar-refractivity contribution is 5.83. The molecule has 1 aromatic carbocycles. The average Bonchev–Trinajstić information content (AvgIpc) is 2.18. The first kappa shape index (κ1) is 7.69. The van der Waals surface area contributed by atoms with E-state index in [1.54, 1.807) is 18.3 Å². The lowest BCUT2D eigenvalue weighted by molar-refractivity contribution is 0.639. The Bertz CT molecular complexity index is 500. The summed E-state index contributed by atoms with van der Waals surface area (Å²) >= 11 is 0. The van der Waals surface area contributed by atoms with Crippen molar-refractivity contribution in [2.75, 3.05) is 0 Å². The molecule has 0 bridgehead atoms. The fourth-order valence-electron chi connectivity index (χ4n) is 1.22. The normalized spacial score (nSPS) is 9.85. The molecule has 2 aromatic rings. The van der Waals surface area contributed by atoms with Crippen LogP contribution in [-0.4, -0.2) is 4.98 Å². The molecule has 13 heavy (non-hydrogen) atoms. The van der Waals surface area contributed by atoms with Crippen molar-refractivity contribution in [1.82, 2.24) is 4.98 Å². The Morgan fingerprint density at radius 1 is 1.38 bits per heavy atom. The molecule has 0 spiro atoms. The van der Waals surface area contributed by atoms with E-state index < -0.39 is 5.82 Å². The molecule has 1 heterocycles. The first-order valence-electron chi connectivity index (χ1n) is 3.74. The van der Waals surface area contributed by atoms with E-state index in [2.05, 4.69) is 4.98 Å². The van der Waals surface area contributed by atoms with Gasteiger partial charge in [-0.3, -0.25) is 4.98 Å². The average molecular weight is 172 g/mol. The number of benzene rings is 1. The molecule has 0 N–H and O–H groups in total. The van der Waals surface area contributed by atoms with Crippen LogP contribution in [0.5, 0.6) is 0 Å². The minimum Gasteiger partial charge on any atom is -0.264 e. The molecule has 0 fully saturated rings. The fraction of sp³-hybridized carbons (Fsp3) is 0. The number of nitriles is 1. The molecule has 2 rings (SSSR count). The van der Waals surface area contributed by atoms with Gasteiger partial charge in [0.25, 0.3) is 0 Å². The van der Waals surface area contributed by atoms with Crippen LogP contribution in [0, 0.1) is 17.1 Å². The SMILES string of the molecule is N#Cc1cc(F)c2cnccc2c1. The molecule has 0 aliphatic heterocycles. The molecule has 2 nitrogen and oxygen atoms in total. The first-order chi connectivity index (χ1) is 6.31. The number of pyridine rings is 1. The number of hydrogen-bond donors (Lipinski definition) is 0. The third-order valence-corrected chi connectivity index (χ3v) is 1.83. The summed E-state index contributed by atoms with van der Waals surface area (Å²) < 4.78 is 13.2. The van der Waals surface area contributed by atoms with Gasteiger partial charge in [0, 0.05) is 17.8 Å². The number of nitrogens with zero attached hydrogens (tertiary/aromatic N) is 2. The summed E-state index contributed by atoms with van der Waals surface area (Å²) in [5, 5.41) is 9.74. The maximum Gasteiger partial charge on any atom is 0.133 e. The Morgan fingerprint density at radius 3 is 3.00 bits per heavy atom. The van der Waals surface area contributed by atoms with E-state index in [-0.39, 0.29) is 0 Å². The summed E-state index contributed by atoms with van der Waals surface area (Å²) in [5.41, 5.74) is 0.330. The lowest BCUT2D eigenvalue weighted by Gasteiger charge is -1.98. The van der Waals surface area contributed by atoms with Gasteiger partial charge in [0.15, 0.2) is 0 Å². The van der Waals surface area contributed by atoms with Gasteiger partial charge < -0.3 is 0 Å². The van der Waals surface area contributed by atoms with Crippen molar-refractivity contribution < 1.29 is 4.39 Å². The molecule has 0 unspecified atom stereocenters. The Balaban J connectivity index is 2.86. The summed E-state index contributed by atoms with van der Waals surface area (Å²) in [4.78, 5) is 3.81. The standard InChI is InChI=1S/C10H5FN2/c11-10-4-7(5-12)3-8-1-2-13-6-9(8)10/h1-4,6H. The molecule has 0 aliphatic rings. The van der Waals surface area contributed by atoms with Crippen molar-refractivity contribution in [1.29, 1.82) is 5.26 Å². The van der Waals surface area contributed by atoms with E-state index in [0.717, 1.165) is 0 Å². The summed E-state index contributed by atoms with van der Waals surface area (Å²) in [6.07, 6.45) is 3.02. The molecule has 1 aromatic heterocycles. The van der Waals surface area contributed by atoms with E-state index in [0.29, 0.717) is 16.3 Å². The van der Waals surface area contributed by atoms with E-state index in [1.807, 2.05) is 6.07 Å². The highest BCUT2D eigenvalue weighted by Crippen LogP contribution is 2.17. The van der Waals surface area contributed by atoms with Crippen LogP contribution in [0.3, 0.4) is 0 Å². The van der Waals surface area contributed by atoms with E-state index in [1.165, 1.54) is 12.3 Å². The molecular formula is C10H5FN2. The Hall–Kier alpha value is -1.95. The van der Waals surface area contributed by atoms with Gasteiger partial charge in [0.05, 0.1) is 11.6 Å². The monoisotopic (exact) mass is 172 g/mol. The third kappa shape index (κ3) is 1.23. The topological polar surface area (TPSA) is 36.7 Å². The molecule has 0 saturated carbocycles. The molecular weight excluding hydrogens is 167 g/mol. The number of aromatic nitrogens is 1. The highest BCUT2D eigenvalue weighted by Gasteiger charge is 2.02. The van der Waals surface area contributed by atoms with E-state index in [4.69, 9.17) is 5.26 Å². The molecule has 0 saturated heterocycles. The van der Waals surface area contributed by atoms with Crippen LogP contribution in [-0.2, 0) is 0 Å². The molecule has 62 valence electrons. The Labute approximate surface area is 74.3 Å². The second-order valence-corrected chi connectivity index (χ2v) is 2.67. The van der Waals surface area contributed by atoms with Crippen molar-refractivity contribution in [3.63, 3.8) is 0 Å². The van der Waals surface area contributed by atoms with Gasteiger partial charge in [-0.2, -0.15) is 5.26 Å². The summed E-state index contributed by atoms with van der Waals surface area (Å²) in [7, 11) is 0. The number of fused-ring (bicyclic) bond motifs is 1. The predicted octanol–water partition coefficient (Wildman–Crippen LogP) is 2.25. The van der Waals surface area contributed by atoms with Gasteiger partial charge in [-0.1, -0.05) is 0 Å². The van der Waals surface area contributed by atoms with Crippen LogP contribution < -0.4 is 0 Å². The van der Waals surface area contributed by atoms with Crippen molar-refractivity contribution >= 4 is 10.8 Å². The zero-order chi connectivity index (χ0) is 9.26. The lowest BCUT2D eigenvalue weighted by atomic mass is 10.1. The highest BCUT2D eigenvalue weighted by atomic mass is 19.1. The minimum absolute atomic E-state index is 0.330. The maximum atomic E-state index is 13.2. The van der Waals surface area contributed by atoms with Crippen LogP contribution in [0.2, 0.25) is 0 Å². The summed E-state index contributed by atoms with van der Waals surface area (Å²) in [5.74, 6) is -0.401. The fourth-order valence-corrected chi connectivity index (χ4v) is 1.22. The van der Waals surface area contributed by atoms with E-state index >= 15 is 0 Å². The minimum atomic E-state index is -0.401. The van der Waals surface area contributed by atoms with Crippen LogP contribution in [0.4, 0.5) is 4.39 Å². The number of hydrogen-bond acceptors (Lipinski definition) is 2. The van der Waals surface area contributed by atoms with Crippen molar-refractivity contribution in [3.05, 3.63) is 42.0 Å². The molecule has 0 aliphatic carbocycles. The quantitative estimate of drug-likeness (QED) is 0.611. The Kier molecular flexibility index (Phi) is 1.67. The maximum absolute atomic E-state index is 13.2. The zero-order valence-electron chi connectivity index (χ0n) is 6.66. The summed E-state index contributed by atoms with van der Waals surface area (Å²) in [6, 6.07) is 6.43.